The lowest BCUT2D eigenvalue weighted by atomic mass is 9.92. The maximum atomic E-state index is 12.0. The van der Waals surface area contributed by atoms with Gasteiger partial charge in [0.15, 0.2) is 5.76 Å². The highest BCUT2D eigenvalue weighted by Gasteiger charge is 2.35. The highest BCUT2D eigenvalue weighted by Crippen LogP contribution is 2.25. The predicted octanol–water partition coefficient (Wildman–Crippen LogP) is 0.220. The molecule has 0 radical (unpaired) electrons. The first-order valence-corrected chi connectivity index (χ1v) is 7.06. The summed E-state index contributed by atoms with van der Waals surface area (Å²) in [6.45, 7) is 3.17. The van der Waals surface area contributed by atoms with Gasteiger partial charge in [0.1, 0.15) is 0 Å². The summed E-state index contributed by atoms with van der Waals surface area (Å²) < 4.78 is 4.97. The van der Waals surface area contributed by atoms with Crippen molar-refractivity contribution in [1.29, 1.82) is 0 Å². The first kappa shape index (κ1) is 13.3. The van der Waals surface area contributed by atoms with Crippen LogP contribution in [0.5, 0.6) is 0 Å². The molecule has 0 saturated carbocycles. The Balaban J connectivity index is 1.54. The van der Waals surface area contributed by atoms with Crippen LogP contribution in [0.3, 0.4) is 0 Å². The molecule has 1 aromatic heterocycles. The summed E-state index contributed by atoms with van der Waals surface area (Å²) in [6.07, 6.45) is 3.75. The summed E-state index contributed by atoms with van der Waals surface area (Å²) in [6, 6.07) is 3.59. The van der Waals surface area contributed by atoms with Crippen molar-refractivity contribution in [3.8, 4) is 0 Å². The van der Waals surface area contributed by atoms with Gasteiger partial charge in [-0.3, -0.25) is 19.8 Å². The van der Waals surface area contributed by atoms with Crippen LogP contribution in [0.2, 0.25) is 0 Å². The van der Waals surface area contributed by atoms with E-state index in [1.54, 1.807) is 12.1 Å². The van der Waals surface area contributed by atoms with Crippen molar-refractivity contribution < 1.29 is 14.0 Å². The first-order valence-electron chi connectivity index (χ1n) is 7.06. The third-order valence-corrected chi connectivity index (χ3v) is 4.14. The van der Waals surface area contributed by atoms with Gasteiger partial charge >= 0.3 is 0 Å². The molecular weight excluding hydrogens is 258 g/mol. The van der Waals surface area contributed by atoms with Crippen molar-refractivity contribution in [2.75, 3.05) is 26.2 Å². The maximum absolute atomic E-state index is 12.0. The average Bonchev–Trinajstić information content (AvgIpc) is 3.10. The molecule has 2 fully saturated rings. The number of likely N-dealkylation sites (tertiary alicyclic amines) is 1. The molecule has 6 nitrogen and oxygen atoms in total. The summed E-state index contributed by atoms with van der Waals surface area (Å²) in [5, 5.41) is 5.75. The van der Waals surface area contributed by atoms with E-state index in [2.05, 4.69) is 15.5 Å². The number of rotatable bonds is 3. The Morgan fingerprint density at radius 3 is 3.15 bits per heavy atom. The Hall–Kier alpha value is -1.66. The number of amides is 2. The zero-order valence-corrected chi connectivity index (χ0v) is 11.3. The van der Waals surface area contributed by atoms with E-state index in [1.807, 2.05) is 0 Å². The zero-order chi connectivity index (χ0) is 13.9. The summed E-state index contributed by atoms with van der Waals surface area (Å²) in [4.78, 5) is 25.9. The third-order valence-electron chi connectivity index (χ3n) is 4.14. The first-order chi connectivity index (χ1) is 9.74. The summed E-state index contributed by atoms with van der Waals surface area (Å²) in [5.41, 5.74) is 0. The number of piperidine rings is 1. The van der Waals surface area contributed by atoms with Crippen molar-refractivity contribution in [3.63, 3.8) is 0 Å². The van der Waals surface area contributed by atoms with Gasteiger partial charge in [-0.15, -0.1) is 0 Å². The van der Waals surface area contributed by atoms with Crippen molar-refractivity contribution >= 4 is 11.8 Å². The fourth-order valence-corrected chi connectivity index (χ4v) is 3.18. The molecule has 2 saturated heterocycles. The van der Waals surface area contributed by atoms with E-state index in [1.165, 1.54) is 12.7 Å². The average molecular weight is 277 g/mol. The topological polar surface area (TPSA) is 74.6 Å². The minimum atomic E-state index is -0.474. The Morgan fingerprint density at radius 2 is 2.35 bits per heavy atom. The molecule has 2 amide bonds. The number of hydrogen-bond donors (Lipinski definition) is 2. The molecule has 0 spiro atoms. The van der Waals surface area contributed by atoms with Crippen LogP contribution in [-0.2, 0) is 4.79 Å². The monoisotopic (exact) mass is 277 g/mol. The number of fused-ring (bicyclic) bond motifs is 1. The third kappa shape index (κ3) is 2.76. The number of carbonyl (C=O) groups is 2. The van der Waals surface area contributed by atoms with E-state index in [0.717, 1.165) is 26.1 Å². The predicted molar refractivity (Wildman–Crippen MR) is 72.1 cm³/mol. The highest BCUT2D eigenvalue weighted by atomic mass is 16.3. The van der Waals surface area contributed by atoms with E-state index in [4.69, 9.17) is 4.42 Å². The smallest absolute Gasteiger partial charge is 0.293 e. The molecule has 0 aliphatic carbocycles. The SMILES string of the molecule is O=C(CN1CCCC2CNCC21)NC(=O)c1ccco1. The van der Waals surface area contributed by atoms with Crippen molar-refractivity contribution in [2.45, 2.75) is 18.9 Å². The molecule has 6 heteroatoms. The van der Waals surface area contributed by atoms with Crippen LogP contribution in [0.25, 0.3) is 0 Å². The Bertz CT molecular complexity index is 486. The number of nitrogens with one attached hydrogen (secondary N) is 2. The van der Waals surface area contributed by atoms with E-state index < -0.39 is 5.91 Å². The minimum absolute atomic E-state index is 0.164. The lowest BCUT2D eigenvalue weighted by Crippen LogP contribution is -2.50. The minimum Gasteiger partial charge on any atom is -0.459 e. The fourth-order valence-electron chi connectivity index (χ4n) is 3.18. The van der Waals surface area contributed by atoms with Crippen LogP contribution < -0.4 is 10.6 Å². The van der Waals surface area contributed by atoms with Crippen LogP contribution in [0.4, 0.5) is 0 Å². The number of imide groups is 1. The molecule has 2 aliphatic heterocycles. The van der Waals surface area contributed by atoms with Gasteiger partial charge in [0.2, 0.25) is 5.91 Å². The van der Waals surface area contributed by atoms with Gasteiger partial charge in [-0.05, 0) is 44.0 Å². The second kappa shape index (κ2) is 5.76. The molecule has 20 heavy (non-hydrogen) atoms. The molecule has 2 N–H and O–H groups in total. The number of furan rings is 1. The Labute approximate surface area is 117 Å². The molecule has 0 aromatic carbocycles. The van der Waals surface area contributed by atoms with Gasteiger partial charge in [-0.25, -0.2) is 0 Å². The lowest BCUT2D eigenvalue weighted by molar-refractivity contribution is -0.122. The highest BCUT2D eigenvalue weighted by molar-refractivity contribution is 6.03. The van der Waals surface area contributed by atoms with Gasteiger partial charge in [-0.2, -0.15) is 0 Å². The quantitative estimate of drug-likeness (QED) is 0.826. The molecule has 2 unspecified atom stereocenters. The summed E-state index contributed by atoms with van der Waals surface area (Å²) in [7, 11) is 0. The largest absolute Gasteiger partial charge is 0.459 e. The van der Waals surface area contributed by atoms with Crippen molar-refractivity contribution in [1.82, 2.24) is 15.5 Å². The van der Waals surface area contributed by atoms with Gasteiger partial charge in [0.25, 0.3) is 5.91 Å². The molecule has 0 bridgehead atoms. The maximum Gasteiger partial charge on any atom is 0.293 e. The fraction of sp³-hybridized carbons (Fsp3) is 0.571. The molecule has 108 valence electrons. The van der Waals surface area contributed by atoms with Gasteiger partial charge in [-0.1, -0.05) is 0 Å². The number of hydrogen-bond acceptors (Lipinski definition) is 5. The summed E-state index contributed by atoms with van der Waals surface area (Å²) >= 11 is 0. The number of nitrogens with zero attached hydrogens (tertiary/aromatic N) is 1. The van der Waals surface area contributed by atoms with Gasteiger partial charge < -0.3 is 9.73 Å². The van der Waals surface area contributed by atoms with Gasteiger partial charge in [0.05, 0.1) is 12.8 Å². The van der Waals surface area contributed by atoms with E-state index in [-0.39, 0.29) is 18.2 Å². The van der Waals surface area contributed by atoms with Crippen LogP contribution >= 0.6 is 0 Å². The molecule has 2 atom stereocenters. The molecule has 3 rings (SSSR count). The van der Waals surface area contributed by atoms with Crippen molar-refractivity contribution in [3.05, 3.63) is 24.2 Å². The molecule has 3 heterocycles. The van der Waals surface area contributed by atoms with E-state index in [0.29, 0.717) is 12.0 Å². The summed E-state index contributed by atoms with van der Waals surface area (Å²) in [5.74, 6) is 0.0618. The molecule has 1 aromatic rings. The normalized spacial score (nSPS) is 26.2. The second-order valence-electron chi connectivity index (χ2n) is 5.45. The van der Waals surface area contributed by atoms with Crippen molar-refractivity contribution in [2.24, 2.45) is 5.92 Å². The Morgan fingerprint density at radius 1 is 1.45 bits per heavy atom. The van der Waals surface area contributed by atoms with E-state index >= 15 is 0 Å². The zero-order valence-electron chi connectivity index (χ0n) is 11.3. The van der Waals surface area contributed by atoms with Crippen LogP contribution in [0.1, 0.15) is 23.4 Å². The Kier molecular flexibility index (Phi) is 3.84. The standard InChI is InChI=1S/C14H19N3O3/c18-13(16-14(19)12-4-2-6-20-12)9-17-5-1-3-10-7-15-8-11(10)17/h2,4,6,10-11,15H,1,3,5,7-9H2,(H,16,18,19). The molecule has 2 aliphatic rings. The van der Waals surface area contributed by atoms with Crippen LogP contribution in [0.15, 0.2) is 22.8 Å². The van der Waals surface area contributed by atoms with E-state index in [9.17, 15) is 9.59 Å². The van der Waals surface area contributed by atoms with Crippen LogP contribution in [-0.4, -0.2) is 48.9 Å². The van der Waals surface area contributed by atoms with Crippen LogP contribution in [0, 0.1) is 5.92 Å². The molecular formula is C14H19N3O3. The second-order valence-corrected chi connectivity index (χ2v) is 5.45. The lowest BCUT2D eigenvalue weighted by Gasteiger charge is -2.36. The van der Waals surface area contributed by atoms with Gasteiger partial charge in [0, 0.05) is 12.6 Å². The number of carbonyl (C=O) groups excluding carboxylic acids is 2.